The average molecular weight is 565 g/mol. The number of rotatable bonds is 16. The summed E-state index contributed by atoms with van der Waals surface area (Å²) in [6.07, 6.45) is 6.86. The number of halogens is 2. The highest BCUT2D eigenvalue weighted by molar-refractivity contribution is 6.30. The molecular formula is C27H38ClFN6O4. The number of nitrogens with one attached hydrogen (secondary N) is 3. The van der Waals surface area contributed by atoms with Gasteiger partial charge in [-0.3, -0.25) is 4.79 Å². The maximum absolute atomic E-state index is 13.4. The number of aromatic nitrogens is 3. The normalized spacial score (nSPS) is 17.2. The van der Waals surface area contributed by atoms with E-state index in [1.54, 1.807) is 0 Å². The Hall–Kier alpha value is -2.76. The largest absolute Gasteiger partial charge is 0.480 e. The van der Waals surface area contributed by atoms with Gasteiger partial charge in [-0.1, -0.05) is 17.7 Å². The molecule has 2 aromatic rings. The van der Waals surface area contributed by atoms with Crippen LogP contribution in [0, 0.1) is 0 Å². The number of fused-ring (bicyclic) bond motifs is 1. The Morgan fingerprint density at radius 2 is 2.13 bits per heavy atom. The highest BCUT2D eigenvalue weighted by Gasteiger charge is 2.54. The predicted octanol–water partition coefficient (Wildman–Crippen LogP) is 3.12. The minimum atomic E-state index is -1.12. The summed E-state index contributed by atoms with van der Waals surface area (Å²) in [7, 11) is 1.47. The average Bonchev–Trinajstić information content (AvgIpc) is 3.64. The third-order valence-electron chi connectivity index (χ3n) is 7.67. The van der Waals surface area contributed by atoms with Crippen molar-refractivity contribution in [1.29, 1.82) is 0 Å². The number of carbonyl (C=O) groups excluding carboxylic acids is 1. The number of aryl methyl sites for hydroxylation is 2. The number of alkyl halides is 1. The predicted molar refractivity (Wildman–Crippen MR) is 146 cm³/mol. The lowest BCUT2D eigenvalue weighted by molar-refractivity contribution is -0.142. The van der Waals surface area contributed by atoms with Crippen LogP contribution in [0.15, 0.2) is 18.5 Å². The van der Waals surface area contributed by atoms with Crippen molar-refractivity contribution >= 4 is 29.3 Å². The molecule has 4 rings (SSSR count). The summed E-state index contributed by atoms with van der Waals surface area (Å²) in [6.45, 7) is 1.67. The third kappa shape index (κ3) is 7.46. The van der Waals surface area contributed by atoms with Crippen LogP contribution >= 0.6 is 11.6 Å². The molecule has 0 radical (unpaired) electrons. The van der Waals surface area contributed by atoms with Crippen LogP contribution in [0.25, 0.3) is 0 Å². The van der Waals surface area contributed by atoms with E-state index in [1.165, 1.54) is 19.0 Å². The second-order valence-electron chi connectivity index (χ2n) is 10.4. The summed E-state index contributed by atoms with van der Waals surface area (Å²) >= 11 is 6.12. The van der Waals surface area contributed by atoms with E-state index in [0.717, 1.165) is 50.2 Å². The molecule has 214 valence electrons. The third-order valence-corrected chi connectivity index (χ3v) is 7.96. The summed E-state index contributed by atoms with van der Waals surface area (Å²) in [5, 5.41) is 16.1. The molecule has 0 spiro atoms. The van der Waals surface area contributed by atoms with E-state index in [1.807, 2.05) is 4.90 Å². The van der Waals surface area contributed by atoms with Crippen LogP contribution in [0.3, 0.4) is 0 Å². The number of hydrogen-bond acceptors (Lipinski definition) is 7. The highest BCUT2D eigenvalue weighted by atomic mass is 35.5. The molecule has 39 heavy (non-hydrogen) atoms. The van der Waals surface area contributed by atoms with Gasteiger partial charge < -0.3 is 30.4 Å². The van der Waals surface area contributed by atoms with Crippen LogP contribution in [0.5, 0.6) is 0 Å². The zero-order valence-corrected chi connectivity index (χ0v) is 23.1. The Morgan fingerprint density at radius 1 is 1.31 bits per heavy atom. The van der Waals surface area contributed by atoms with Crippen molar-refractivity contribution in [3.05, 3.63) is 40.6 Å². The second-order valence-corrected chi connectivity index (χ2v) is 10.8. The molecule has 1 saturated carbocycles. The monoisotopic (exact) mass is 564 g/mol. The summed E-state index contributed by atoms with van der Waals surface area (Å²) in [4.78, 5) is 38.7. The van der Waals surface area contributed by atoms with Crippen LogP contribution in [0.2, 0.25) is 5.15 Å². The van der Waals surface area contributed by atoms with Crippen LogP contribution in [0.4, 0.5) is 10.2 Å². The zero-order valence-electron chi connectivity index (χ0n) is 22.3. The van der Waals surface area contributed by atoms with E-state index in [2.05, 4.69) is 32.7 Å². The molecule has 1 fully saturated rings. The van der Waals surface area contributed by atoms with Crippen molar-refractivity contribution in [2.45, 2.75) is 68.9 Å². The van der Waals surface area contributed by atoms with Gasteiger partial charge in [-0.2, -0.15) is 0 Å². The molecule has 2 aliphatic rings. The van der Waals surface area contributed by atoms with Gasteiger partial charge in [0.1, 0.15) is 18.5 Å². The molecule has 1 amide bonds. The van der Waals surface area contributed by atoms with E-state index < -0.39 is 30.2 Å². The zero-order chi connectivity index (χ0) is 27.8. The topological polar surface area (TPSA) is 132 Å². The Bertz CT molecular complexity index is 1120. The summed E-state index contributed by atoms with van der Waals surface area (Å²) in [6, 6.07) is 3.14. The summed E-state index contributed by atoms with van der Waals surface area (Å²) in [5.41, 5.74) is 1.94. The summed E-state index contributed by atoms with van der Waals surface area (Å²) < 4.78 is 18.7. The van der Waals surface area contributed by atoms with Crippen molar-refractivity contribution in [3.63, 3.8) is 0 Å². The molecule has 3 heterocycles. The molecule has 1 aliphatic heterocycles. The Labute approximate surface area is 233 Å². The second kappa shape index (κ2) is 13.5. The number of aliphatic carboxylic acids is 1. The van der Waals surface area contributed by atoms with Crippen LogP contribution in [-0.2, 0) is 32.6 Å². The van der Waals surface area contributed by atoms with Gasteiger partial charge in [-0.15, -0.1) is 0 Å². The lowest BCUT2D eigenvalue weighted by Gasteiger charge is -2.27. The van der Waals surface area contributed by atoms with Gasteiger partial charge in [0, 0.05) is 32.4 Å². The number of H-pyrrole nitrogens is 1. The SMILES string of the molecule is COC(CF)CN(CCCCc1ccc2c(n1)NCCC2)CCC(NC(=O)C1(c2[nH]cnc2Cl)CC1)C(=O)O. The first-order chi connectivity index (χ1) is 18.9. The van der Waals surface area contributed by atoms with Crippen LogP contribution in [-0.4, -0.2) is 88.9 Å². The number of imidazole rings is 1. The minimum Gasteiger partial charge on any atom is -0.480 e. The van der Waals surface area contributed by atoms with Crippen molar-refractivity contribution in [2.24, 2.45) is 0 Å². The number of carbonyl (C=O) groups is 2. The summed E-state index contributed by atoms with van der Waals surface area (Å²) in [5.74, 6) is -0.510. The van der Waals surface area contributed by atoms with Crippen molar-refractivity contribution in [2.75, 3.05) is 45.3 Å². The van der Waals surface area contributed by atoms with Crippen molar-refractivity contribution in [1.82, 2.24) is 25.2 Å². The van der Waals surface area contributed by atoms with Gasteiger partial charge in [-0.25, -0.2) is 19.2 Å². The van der Waals surface area contributed by atoms with E-state index >= 15 is 0 Å². The first-order valence-corrected chi connectivity index (χ1v) is 14.0. The van der Waals surface area contributed by atoms with E-state index in [9.17, 15) is 19.1 Å². The van der Waals surface area contributed by atoms with E-state index in [4.69, 9.17) is 21.3 Å². The van der Waals surface area contributed by atoms with Gasteiger partial charge in [0.05, 0.1) is 23.5 Å². The van der Waals surface area contributed by atoms with Gasteiger partial charge >= 0.3 is 5.97 Å². The number of hydrogen-bond donors (Lipinski definition) is 4. The fourth-order valence-corrected chi connectivity index (χ4v) is 5.40. The number of ether oxygens (including phenoxy) is 1. The molecule has 4 N–H and O–H groups in total. The standard InChI is InChI=1S/C27H38ClFN6O4/c1-39-20(15-29)16-35(13-3-2-6-19-8-7-18-5-4-12-30-24(18)33-19)14-9-21(25(36)37)34-26(38)27(10-11-27)22-23(28)32-17-31-22/h7-8,17,20-21H,2-6,9-16H2,1H3,(H,30,33)(H,31,32)(H,34,38)(H,36,37). The molecule has 0 bridgehead atoms. The van der Waals surface area contributed by atoms with Crippen LogP contribution < -0.4 is 10.6 Å². The van der Waals surface area contributed by atoms with Gasteiger partial charge in [0.15, 0.2) is 5.15 Å². The molecule has 1 aliphatic carbocycles. The van der Waals surface area contributed by atoms with Gasteiger partial charge in [0.2, 0.25) is 5.91 Å². The molecule has 2 unspecified atom stereocenters. The number of methoxy groups -OCH3 is 1. The van der Waals surface area contributed by atoms with E-state index in [0.29, 0.717) is 38.2 Å². The molecular weight excluding hydrogens is 527 g/mol. The molecule has 0 aromatic carbocycles. The fraction of sp³-hybridized carbons (Fsp3) is 0.630. The Kier molecular flexibility index (Phi) is 10.1. The molecule has 0 saturated heterocycles. The molecule has 12 heteroatoms. The Morgan fingerprint density at radius 3 is 2.79 bits per heavy atom. The smallest absolute Gasteiger partial charge is 0.326 e. The lowest BCUT2D eigenvalue weighted by Crippen LogP contribution is -2.47. The number of nitrogens with zero attached hydrogens (tertiary/aromatic N) is 3. The van der Waals surface area contributed by atoms with Gasteiger partial charge in [-0.05, 0) is 69.5 Å². The maximum Gasteiger partial charge on any atom is 0.326 e. The molecule has 10 nitrogen and oxygen atoms in total. The maximum atomic E-state index is 13.4. The van der Waals surface area contributed by atoms with E-state index in [-0.39, 0.29) is 17.5 Å². The number of unbranched alkanes of at least 4 members (excludes halogenated alkanes) is 1. The van der Waals surface area contributed by atoms with Crippen LogP contribution in [0.1, 0.15) is 55.5 Å². The minimum absolute atomic E-state index is 0.175. The number of aromatic amines is 1. The first-order valence-electron chi connectivity index (χ1n) is 13.6. The Balaban J connectivity index is 1.30. The number of pyridine rings is 1. The van der Waals surface area contributed by atoms with Gasteiger partial charge in [0.25, 0.3) is 0 Å². The quantitative estimate of drug-likeness (QED) is 0.229. The lowest BCUT2D eigenvalue weighted by atomic mass is 10.0. The molecule has 2 aromatic heterocycles. The first kappa shape index (κ1) is 29.2. The fourth-order valence-electron chi connectivity index (χ4n) is 5.11. The number of anilines is 1. The highest BCUT2D eigenvalue weighted by Crippen LogP contribution is 2.49. The number of carboxylic acid groups (broad SMARTS) is 1. The molecule has 2 atom stereocenters. The van der Waals surface area contributed by atoms with Crippen molar-refractivity contribution in [3.8, 4) is 0 Å². The number of amides is 1. The van der Waals surface area contributed by atoms with Crippen molar-refractivity contribution < 1.29 is 23.8 Å². The number of carboxylic acids is 1.